The highest BCUT2D eigenvalue weighted by atomic mass is 32.2. The van der Waals surface area contributed by atoms with Crippen LogP contribution in [-0.4, -0.2) is 42.2 Å². The highest BCUT2D eigenvalue weighted by molar-refractivity contribution is 7.90. The predicted octanol–water partition coefficient (Wildman–Crippen LogP) is 6.16. The number of benzene rings is 2. The van der Waals surface area contributed by atoms with Gasteiger partial charge in [-0.05, 0) is 75.2 Å². The van der Waals surface area contributed by atoms with Crippen LogP contribution in [0, 0.1) is 0 Å². The lowest BCUT2D eigenvalue weighted by molar-refractivity contribution is -0.0698. The molecule has 1 aromatic heterocycles. The zero-order valence-electron chi connectivity index (χ0n) is 24.2. The fraction of sp³-hybridized carbons (Fsp3) is 0.433. The van der Waals surface area contributed by atoms with E-state index in [2.05, 4.69) is 4.72 Å². The van der Waals surface area contributed by atoms with Crippen molar-refractivity contribution < 1.29 is 27.5 Å². The Morgan fingerprint density at radius 3 is 1.82 bits per heavy atom. The first-order valence-corrected chi connectivity index (χ1v) is 14.1. The van der Waals surface area contributed by atoms with E-state index in [0.717, 1.165) is 22.6 Å². The second-order valence-corrected chi connectivity index (χ2v) is 12.5. The number of pyridine rings is 1. The van der Waals surface area contributed by atoms with Gasteiger partial charge in [0.25, 0.3) is 5.92 Å². The van der Waals surface area contributed by atoms with Gasteiger partial charge in [-0.15, -0.1) is 4.72 Å². The van der Waals surface area contributed by atoms with Gasteiger partial charge in [-0.1, -0.05) is 24.3 Å². The lowest BCUT2D eigenvalue weighted by Crippen LogP contribution is -2.41. The van der Waals surface area contributed by atoms with E-state index in [1.807, 2.05) is 74.2 Å². The van der Waals surface area contributed by atoms with Crippen LogP contribution in [0.1, 0.15) is 56.1 Å². The number of nitrogens with zero attached hydrogens (tertiary/aromatic N) is 2. The number of aromatic nitrogens is 1. The summed E-state index contributed by atoms with van der Waals surface area (Å²) in [6.07, 6.45) is 0. The summed E-state index contributed by atoms with van der Waals surface area (Å²) in [5.41, 5.74) is 2.03. The van der Waals surface area contributed by atoms with Crippen LogP contribution in [0.4, 0.5) is 14.6 Å². The minimum Gasteiger partial charge on any atom is -0.598 e. The van der Waals surface area contributed by atoms with Gasteiger partial charge >= 0.3 is 0 Å². The van der Waals surface area contributed by atoms with Crippen LogP contribution in [0.3, 0.4) is 0 Å². The van der Waals surface area contributed by atoms with Gasteiger partial charge in [0.15, 0.2) is 0 Å². The first kappa shape index (κ1) is 31.6. The fourth-order valence-corrected chi connectivity index (χ4v) is 4.71. The molecule has 218 valence electrons. The van der Waals surface area contributed by atoms with Crippen molar-refractivity contribution in [1.82, 2.24) is 9.71 Å². The molecule has 0 spiro atoms. The standard InChI is InChI=1S/C30H39F2N3O4S/c1-21(34-40(36)29(2,3)4)27-16-24(30(31,32)20-37-5)17-28(33-27)35(18-22-8-12-25(38-6)13-9-22)19-23-10-14-26(39-7)15-11-23/h8-17,21,34H,18-20H2,1-7H3/t21-,40-/m1/s1. The van der Waals surface area contributed by atoms with Crippen molar-refractivity contribution in [3.8, 4) is 11.5 Å². The lowest BCUT2D eigenvalue weighted by Gasteiger charge is -2.29. The van der Waals surface area contributed by atoms with Gasteiger partial charge in [-0.25, -0.2) is 4.98 Å². The average Bonchev–Trinajstić information content (AvgIpc) is 2.92. The minimum absolute atomic E-state index is 0.223. The summed E-state index contributed by atoms with van der Waals surface area (Å²) in [5, 5.41) is 0. The van der Waals surface area contributed by atoms with Crippen LogP contribution in [0.15, 0.2) is 60.7 Å². The van der Waals surface area contributed by atoms with Crippen molar-refractivity contribution in [2.24, 2.45) is 0 Å². The Hall–Kier alpha value is -2.92. The molecule has 0 aliphatic heterocycles. The summed E-state index contributed by atoms with van der Waals surface area (Å²) in [6, 6.07) is 17.4. The molecule has 0 aliphatic rings. The molecule has 0 unspecified atom stereocenters. The molecule has 1 heterocycles. The molecule has 2 atom stereocenters. The first-order chi connectivity index (χ1) is 18.9. The molecule has 3 aromatic rings. The van der Waals surface area contributed by atoms with Crippen molar-refractivity contribution in [1.29, 1.82) is 0 Å². The van der Waals surface area contributed by atoms with E-state index < -0.39 is 34.7 Å². The summed E-state index contributed by atoms with van der Waals surface area (Å²) >= 11 is -1.43. The zero-order valence-corrected chi connectivity index (χ0v) is 25.0. The number of methoxy groups -OCH3 is 3. The highest BCUT2D eigenvalue weighted by Gasteiger charge is 2.35. The number of hydrogen-bond acceptors (Lipinski definition) is 7. The van der Waals surface area contributed by atoms with E-state index in [1.54, 1.807) is 21.1 Å². The monoisotopic (exact) mass is 575 g/mol. The highest BCUT2D eigenvalue weighted by Crippen LogP contribution is 2.34. The largest absolute Gasteiger partial charge is 0.598 e. The number of hydrogen-bond donors (Lipinski definition) is 1. The second-order valence-electron chi connectivity index (χ2n) is 10.5. The van der Waals surface area contributed by atoms with Gasteiger partial charge in [0, 0.05) is 37.1 Å². The SMILES string of the molecule is COCC(F)(F)c1cc([C@@H](C)N[S@+]([O-])C(C)(C)C)nc(N(Cc2ccc(OC)cc2)Cc2ccc(OC)cc2)c1. The molecule has 0 saturated carbocycles. The van der Waals surface area contributed by atoms with Crippen molar-refractivity contribution >= 4 is 17.2 Å². The Balaban J connectivity index is 2.08. The van der Waals surface area contributed by atoms with Crippen LogP contribution < -0.4 is 19.1 Å². The number of anilines is 1. The number of alkyl halides is 2. The molecule has 1 N–H and O–H groups in total. The second kappa shape index (κ2) is 13.6. The normalized spacial score (nSPS) is 13.6. The molecule has 0 fully saturated rings. The van der Waals surface area contributed by atoms with Crippen LogP contribution in [0.25, 0.3) is 0 Å². The minimum atomic E-state index is -3.25. The molecular weight excluding hydrogens is 536 g/mol. The topological polar surface area (TPSA) is 78.9 Å². The zero-order chi connectivity index (χ0) is 29.5. The van der Waals surface area contributed by atoms with Gasteiger partial charge in [0.2, 0.25) is 0 Å². The number of rotatable bonds is 13. The van der Waals surface area contributed by atoms with Gasteiger partial charge in [-0.3, -0.25) is 0 Å². The van der Waals surface area contributed by atoms with E-state index in [4.69, 9.17) is 19.2 Å². The number of nitrogens with one attached hydrogen (secondary N) is 1. The maximum Gasteiger partial charge on any atom is 0.296 e. The van der Waals surface area contributed by atoms with E-state index in [9.17, 15) is 4.55 Å². The Kier molecular flexibility index (Phi) is 10.8. The summed E-state index contributed by atoms with van der Waals surface area (Å²) in [4.78, 5) is 6.75. The molecule has 0 aliphatic carbocycles. The van der Waals surface area contributed by atoms with Crippen LogP contribution >= 0.6 is 0 Å². The van der Waals surface area contributed by atoms with Gasteiger partial charge in [-0.2, -0.15) is 8.78 Å². The van der Waals surface area contributed by atoms with Crippen molar-refractivity contribution in [3.05, 3.63) is 83.0 Å². The van der Waals surface area contributed by atoms with Crippen molar-refractivity contribution in [3.63, 3.8) is 0 Å². The molecule has 0 bridgehead atoms. The third-order valence-electron chi connectivity index (χ3n) is 6.25. The molecule has 3 rings (SSSR count). The van der Waals surface area contributed by atoms with Crippen LogP contribution in [0.2, 0.25) is 0 Å². The summed E-state index contributed by atoms with van der Waals surface area (Å²) < 4.78 is 61.2. The van der Waals surface area contributed by atoms with Crippen molar-refractivity contribution in [2.75, 3.05) is 32.8 Å². The molecule has 0 radical (unpaired) electrons. The van der Waals surface area contributed by atoms with E-state index in [1.165, 1.54) is 19.2 Å². The van der Waals surface area contributed by atoms with E-state index >= 15 is 8.78 Å². The van der Waals surface area contributed by atoms with Crippen molar-refractivity contribution in [2.45, 2.75) is 57.5 Å². The summed E-state index contributed by atoms with van der Waals surface area (Å²) in [6.45, 7) is 7.33. The molecule has 0 saturated heterocycles. The average molecular weight is 576 g/mol. The van der Waals surface area contributed by atoms with Gasteiger partial charge < -0.3 is 23.7 Å². The quantitative estimate of drug-likeness (QED) is 0.245. The summed E-state index contributed by atoms with van der Waals surface area (Å²) in [5.74, 6) is -1.45. The number of ether oxygens (including phenoxy) is 3. The molecule has 40 heavy (non-hydrogen) atoms. The molecule has 7 nitrogen and oxygen atoms in total. The Bertz CT molecular complexity index is 1170. The maximum atomic E-state index is 15.2. The summed E-state index contributed by atoms with van der Waals surface area (Å²) in [7, 11) is 4.45. The molecule has 2 aromatic carbocycles. The predicted molar refractivity (Wildman–Crippen MR) is 155 cm³/mol. The fourth-order valence-electron chi connectivity index (χ4n) is 3.91. The van der Waals surface area contributed by atoms with Crippen LogP contribution in [0.5, 0.6) is 11.5 Å². The van der Waals surface area contributed by atoms with E-state index in [0.29, 0.717) is 24.6 Å². The third kappa shape index (κ3) is 8.54. The molecular formula is C30H39F2N3O4S. The Morgan fingerprint density at radius 2 is 1.40 bits per heavy atom. The molecule has 0 amide bonds. The van der Waals surface area contributed by atoms with Gasteiger partial charge in [0.05, 0.1) is 26.0 Å². The van der Waals surface area contributed by atoms with Gasteiger partial charge in [0.1, 0.15) is 28.7 Å². The lowest BCUT2D eigenvalue weighted by atomic mass is 10.1. The Labute approximate surface area is 239 Å². The third-order valence-corrected chi connectivity index (χ3v) is 7.93. The molecule has 10 heteroatoms. The Morgan fingerprint density at radius 1 is 0.900 bits per heavy atom. The maximum absolute atomic E-state index is 15.2. The van der Waals surface area contributed by atoms with E-state index in [-0.39, 0.29) is 5.56 Å². The first-order valence-electron chi connectivity index (χ1n) is 12.9. The van der Waals surface area contributed by atoms with Crippen LogP contribution in [-0.2, 0) is 35.1 Å². The number of halogens is 2. The smallest absolute Gasteiger partial charge is 0.296 e.